The van der Waals surface area contributed by atoms with Crippen molar-refractivity contribution >= 4 is 5.69 Å². The minimum atomic E-state index is 0.556. The molecule has 0 aromatic heterocycles. The molecule has 118 valence electrons. The molecule has 1 saturated heterocycles. The Balaban J connectivity index is 1.91. The molecule has 4 heteroatoms. The van der Waals surface area contributed by atoms with Gasteiger partial charge in [-0.2, -0.15) is 0 Å². The molecule has 1 unspecified atom stereocenters. The Bertz CT molecular complexity index is 442. The van der Waals surface area contributed by atoms with Crippen molar-refractivity contribution in [1.29, 1.82) is 0 Å². The summed E-state index contributed by atoms with van der Waals surface area (Å²) >= 11 is 0. The van der Waals surface area contributed by atoms with E-state index in [0.717, 1.165) is 57.1 Å². The number of nitrogens with two attached hydrogens (primary N) is 1. The van der Waals surface area contributed by atoms with Gasteiger partial charge in [-0.05, 0) is 44.5 Å². The van der Waals surface area contributed by atoms with Crippen molar-refractivity contribution in [3.05, 3.63) is 23.8 Å². The number of ether oxygens (including phenoxy) is 1. The number of rotatable bonds is 6. The number of piperazine rings is 1. The summed E-state index contributed by atoms with van der Waals surface area (Å²) in [7, 11) is 2.19. The first-order valence-corrected chi connectivity index (χ1v) is 8.04. The highest BCUT2D eigenvalue weighted by Gasteiger charge is 2.19. The molecule has 1 aromatic carbocycles. The molecule has 1 atom stereocenters. The van der Waals surface area contributed by atoms with Crippen LogP contribution in [-0.2, 0) is 6.42 Å². The van der Waals surface area contributed by atoms with Gasteiger partial charge in [-0.1, -0.05) is 13.0 Å². The van der Waals surface area contributed by atoms with E-state index in [-0.39, 0.29) is 0 Å². The number of benzene rings is 1. The van der Waals surface area contributed by atoms with Crippen LogP contribution in [-0.4, -0.2) is 55.7 Å². The Kier molecular flexibility index (Phi) is 5.88. The molecule has 0 amide bonds. The van der Waals surface area contributed by atoms with E-state index in [2.05, 4.69) is 42.8 Å². The molecule has 1 aromatic rings. The summed E-state index contributed by atoms with van der Waals surface area (Å²) in [6, 6.07) is 6.78. The zero-order chi connectivity index (χ0) is 15.2. The topological polar surface area (TPSA) is 41.7 Å². The Labute approximate surface area is 128 Å². The summed E-state index contributed by atoms with van der Waals surface area (Å²) in [5.41, 5.74) is 8.14. The summed E-state index contributed by atoms with van der Waals surface area (Å²) in [6.07, 6.45) is 2.05. The molecule has 0 saturated carbocycles. The summed E-state index contributed by atoms with van der Waals surface area (Å²) in [6.45, 7) is 9.77. The lowest BCUT2D eigenvalue weighted by molar-refractivity contribution is 0.118. The van der Waals surface area contributed by atoms with Gasteiger partial charge in [0, 0.05) is 32.2 Å². The second-order valence-electron chi connectivity index (χ2n) is 6.11. The van der Waals surface area contributed by atoms with Gasteiger partial charge in [-0.3, -0.25) is 4.90 Å². The van der Waals surface area contributed by atoms with Gasteiger partial charge in [-0.15, -0.1) is 0 Å². The molecule has 1 aliphatic heterocycles. The quantitative estimate of drug-likeness (QED) is 0.816. The van der Waals surface area contributed by atoms with Crippen molar-refractivity contribution in [2.75, 3.05) is 45.6 Å². The van der Waals surface area contributed by atoms with Crippen molar-refractivity contribution in [2.24, 2.45) is 0 Å². The zero-order valence-corrected chi connectivity index (χ0v) is 13.6. The van der Waals surface area contributed by atoms with Crippen molar-refractivity contribution in [3.8, 4) is 5.75 Å². The van der Waals surface area contributed by atoms with E-state index in [1.54, 1.807) is 0 Å². The summed E-state index contributed by atoms with van der Waals surface area (Å²) in [4.78, 5) is 4.96. The van der Waals surface area contributed by atoms with Crippen LogP contribution in [0.15, 0.2) is 18.2 Å². The third-order valence-electron chi connectivity index (χ3n) is 4.23. The smallest absolute Gasteiger partial charge is 0.142 e. The standard InChI is InChI=1S/C17H29N3O/c1-4-11-21-17-6-5-15(13-16(17)18)12-14(2)20-9-7-19(3)8-10-20/h5-6,13-14H,4,7-12,18H2,1-3H3. The second-order valence-corrected chi connectivity index (χ2v) is 6.11. The van der Waals surface area contributed by atoms with E-state index < -0.39 is 0 Å². The molecule has 0 bridgehead atoms. The number of nitrogen functional groups attached to an aromatic ring is 1. The molecular weight excluding hydrogens is 262 g/mol. The van der Waals surface area contributed by atoms with E-state index >= 15 is 0 Å². The lowest BCUT2D eigenvalue weighted by Crippen LogP contribution is -2.48. The minimum Gasteiger partial charge on any atom is -0.491 e. The van der Waals surface area contributed by atoms with Crippen LogP contribution in [0.2, 0.25) is 0 Å². The van der Waals surface area contributed by atoms with Gasteiger partial charge < -0.3 is 15.4 Å². The maximum Gasteiger partial charge on any atom is 0.142 e. The SMILES string of the molecule is CCCOc1ccc(CC(C)N2CCN(C)CC2)cc1N. The molecule has 2 N–H and O–H groups in total. The summed E-state index contributed by atoms with van der Waals surface area (Å²) in [5, 5.41) is 0. The van der Waals surface area contributed by atoms with Crippen LogP contribution >= 0.6 is 0 Å². The number of nitrogens with zero attached hydrogens (tertiary/aromatic N) is 2. The lowest BCUT2D eigenvalue weighted by Gasteiger charge is -2.36. The van der Waals surface area contributed by atoms with Crippen LogP contribution < -0.4 is 10.5 Å². The first-order chi connectivity index (χ1) is 10.1. The zero-order valence-electron chi connectivity index (χ0n) is 13.6. The molecule has 4 nitrogen and oxygen atoms in total. The molecule has 21 heavy (non-hydrogen) atoms. The van der Waals surface area contributed by atoms with Crippen molar-refractivity contribution in [3.63, 3.8) is 0 Å². The number of hydrogen-bond donors (Lipinski definition) is 1. The molecule has 2 rings (SSSR count). The van der Waals surface area contributed by atoms with Crippen LogP contribution in [0.5, 0.6) is 5.75 Å². The van der Waals surface area contributed by atoms with E-state index in [1.807, 2.05) is 6.07 Å². The Morgan fingerprint density at radius 3 is 2.57 bits per heavy atom. The minimum absolute atomic E-state index is 0.556. The molecular formula is C17H29N3O. The fraction of sp³-hybridized carbons (Fsp3) is 0.647. The average molecular weight is 291 g/mol. The Hall–Kier alpha value is -1.26. The van der Waals surface area contributed by atoms with Crippen LogP contribution in [0.1, 0.15) is 25.8 Å². The van der Waals surface area contributed by atoms with Gasteiger partial charge >= 0.3 is 0 Å². The highest BCUT2D eigenvalue weighted by atomic mass is 16.5. The Morgan fingerprint density at radius 1 is 1.24 bits per heavy atom. The van der Waals surface area contributed by atoms with Gasteiger partial charge in [0.05, 0.1) is 12.3 Å². The predicted molar refractivity (Wildman–Crippen MR) is 88.9 cm³/mol. The first-order valence-electron chi connectivity index (χ1n) is 8.04. The van der Waals surface area contributed by atoms with Gasteiger partial charge in [0.25, 0.3) is 0 Å². The van der Waals surface area contributed by atoms with Gasteiger partial charge in [-0.25, -0.2) is 0 Å². The number of anilines is 1. The average Bonchev–Trinajstić information content (AvgIpc) is 2.47. The Morgan fingerprint density at radius 2 is 1.95 bits per heavy atom. The maximum absolute atomic E-state index is 6.09. The van der Waals surface area contributed by atoms with Gasteiger partial charge in [0.2, 0.25) is 0 Å². The van der Waals surface area contributed by atoms with E-state index in [0.29, 0.717) is 6.04 Å². The third kappa shape index (κ3) is 4.61. The second kappa shape index (κ2) is 7.66. The van der Waals surface area contributed by atoms with Crippen LogP contribution in [0.3, 0.4) is 0 Å². The molecule has 0 radical (unpaired) electrons. The van der Waals surface area contributed by atoms with Crippen molar-refractivity contribution < 1.29 is 4.74 Å². The molecule has 1 heterocycles. The molecule has 0 spiro atoms. The van der Waals surface area contributed by atoms with Crippen molar-refractivity contribution in [1.82, 2.24) is 9.80 Å². The van der Waals surface area contributed by atoms with Crippen LogP contribution in [0.4, 0.5) is 5.69 Å². The monoisotopic (exact) mass is 291 g/mol. The maximum atomic E-state index is 6.09. The lowest BCUT2D eigenvalue weighted by atomic mass is 10.0. The number of likely N-dealkylation sites (N-methyl/N-ethyl adjacent to an activating group) is 1. The highest BCUT2D eigenvalue weighted by molar-refractivity contribution is 5.54. The van der Waals surface area contributed by atoms with E-state index in [1.165, 1.54) is 5.56 Å². The largest absolute Gasteiger partial charge is 0.491 e. The third-order valence-corrected chi connectivity index (χ3v) is 4.23. The van der Waals surface area contributed by atoms with Crippen molar-refractivity contribution in [2.45, 2.75) is 32.7 Å². The van der Waals surface area contributed by atoms with E-state index in [9.17, 15) is 0 Å². The first kappa shape index (κ1) is 16.1. The molecule has 0 aliphatic carbocycles. The fourth-order valence-corrected chi connectivity index (χ4v) is 2.80. The molecule has 1 fully saturated rings. The van der Waals surface area contributed by atoms with Gasteiger partial charge in [0.1, 0.15) is 5.75 Å². The van der Waals surface area contributed by atoms with Gasteiger partial charge in [0.15, 0.2) is 0 Å². The highest BCUT2D eigenvalue weighted by Crippen LogP contribution is 2.24. The van der Waals surface area contributed by atoms with E-state index in [4.69, 9.17) is 10.5 Å². The summed E-state index contributed by atoms with van der Waals surface area (Å²) < 4.78 is 5.63. The van der Waals surface area contributed by atoms with Crippen LogP contribution in [0, 0.1) is 0 Å². The molecule has 1 aliphatic rings. The number of hydrogen-bond acceptors (Lipinski definition) is 4. The summed E-state index contributed by atoms with van der Waals surface area (Å²) in [5.74, 6) is 0.813. The predicted octanol–water partition coefficient (Wildman–Crippen LogP) is 2.24. The van der Waals surface area contributed by atoms with Crippen LogP contribution in [0.25, 0.3) is 0 Å². The normalized spacial score (nSPS) is 18.6. The fourth-order valence-electron chi connectivity index (χ4n) is 2.80.